The molecule has 0 aliphatic heterocycles. The maximum atomic E-state index is 9.13. The normalized spacial score (nSPS) is 14.5. The van der Waals surface area contributed by atoms with E-state index in [-0.39, 0.29) is 29.5 Å². The molecule has 0 aromatic heterocycles. The van der Waals surface area contributed by atoms with E-state index >= 15 is 0 Å². The molecule has 0 amide bonds. The van der Waals surface area contributed by atoms with Crippen molar-refractivity contribution in [3.63, 3.8) is 0 Å². The molecule has 0 fully saturated rings. The van der Waals surface area contributed by atoms with Gasteiger partial charge in [0.1, 0.15) is 12.5 Å². The zero-order valence-electron chi connectivity index (χ0n) is 12.4. The Balaban J connectivity index is -0.000000218. The molecule has 2 N–H and O–H groups in total. The number of hydrogen-bond donors (Lipinski definition) is 2. The average molecular weight is 298 g/mol. The Morgan fingerprint density at radius 2 is 0.824 bits per heavy atom. The quantitative estimate of drug-likeness (QED) is 0.601. The molecule has 0 rings (SSSR count). The fraction of sp³-hybridized carbons (Fsp3) is 1.00. The summed E-state index contributed by atoms with van der Waals surface area (Å²) in [6.07, 6.45) is -0.593. The van der Waals surface area contributed by atoms with E-state index in [0.717, 1.165) is 0 Å². The molecular formula is C12H30CuN2O2. The molecule has 4 nitrogen and oxygen atoms in total. The fourth-order valence-electron chi connectivity index (χ4n) is 1.19. The summed E-state index contributed by atoms with van der Waals surface area (Å²) in [6, 6.07) is 0. The van der Waals surface area contributed by atoms with E-state index in [2.05, 4.69) is 0 Å². The minimum absolute atomic E-state index is 0. The van der Waals surface area contributed by atoms with Crippen molar-refractivity contribution in [3.05, 3.63) is 0 Å². The van der Waals surface area contributed by atoms with Gasteiger partial charge < -0.3 is 10.2 Å². The van der Waals surface area contributed by atoms with E-state index in [9.17, 15) is 0 Å². The minimum Gasteiger partial charge on any atom is -0.378 e. The third-order valence-corrected chi connectivity index (χ3v) is 2.25. The van der Waals surface area contributed by atoms with Crippen LogP contribution in [-0.4, -0.2) is 60.7 Å². The van der Waals surface area contributed by atoms with E-state index in [1.165, 1.54) is 0 Å². The summed E-state index contributed by atoms with van der Waals surface area (Å²) in [6.45, 7) is 7.96. The van der Waals surface area contributed by atoms with Crippen LogP contribution in [-0.2, 0) is 17.1 Å². The van der Waals surface area contributed by atoms with Crippen LogP contribution in [0.3, 0.4) is 0 Å². The first-order chi connectivity index (χ1) is 7.11. The Labute approximate surface area is 117 Å². The van der Waals surface area contributed by atoms with Gasteiger partial charge in [-0.3, -0.25) is 9.80 Å². The first-order valence-electron chi connectivity index (χ1n) is 5.80. The SMILES string of the molecule is CC(C)C(O)N(C)C.CC(C)C(O)N(C)C.[Cu]. The molecule has 0 spiro atoms. The summed E-state index contributed by atoms with van der Waals surface area (Å²) in [5.41, 5.74) is 0. The van der Waals surface area contributed by atoms with E-state index in [4.69, 9.17) is 10.2 Å². The van der Waals surface area contributed by atoms with Crippen LogP contribution in [0.5, 0.6) is 0 Å². The van der Waals surface area contributed by atoms with Gasteiger partial charge in [-0.25, -0.2) is 0 Å². The fourth-order valence-corrected chi connectivity index (χ4v) is 1.19. The number of nitrogens with zero attached hydrogens (tertiary/aromatic N) is 2. The van der Waals surface area contributed by atoms with Crippen LogP contribution in [0.25, 0.3) is 0 Å². The first-order valence-corrected chi connectivity index (χ1v) is 5.80. The van der Waals surface area contributed by atoms with E-state index in [1.54, 1.807) is 9.80 Å². The van der Waals surface area contributed by atoms with Gasteiger partial charge in [0.25, 0.3) is 0 Å². The summed E-state index contributed by atoms with van der Waals surface area (Å²) in [5.74, 6) is 0.648. The van der Waals surface area contributed by atoms with Crippen molar-refractivity contribution in [1.82, 2.24) is 9.80 Å². The summed E-state index contributed by atoms with van der Waals surface area (Å²) in [4.78, 5) is 3.59. The molecule has 0 aromatic rings. The number of aliphatic hydroxyl groups is 2. The second-order valence-electron chi connectivity index (χ2n) is 5.24. The first kappa shape index (κ1) is 22.5. The Hall–Kier alpha value is 0.359. The Bertz CT molecular complexity index is 131. The van der Waals surface area contributed by atoms with Crippen molar-refractivity contribution in [2.24, 2.45) is 11.8 Å². The summed E-state index contributed by atoms with van der Waals surface area (Å²) >= 11 is 0. The molecule has 17 heavy (non-hydrogen) atoms. The molecule has 0 bridgehead atoms. The molecule has 2 unspecified atom stereocenters. The maximum absolute atomic E-state index is 9.13. The van der Waals surface area contributed by atoms with Crippen LogP contribution < -0.4 is 0 Å². The Morgan fingerprint density at radius 3 is 0.824 bits per heavy atom. The van der Waals surface area contributed by atoms with Crippen LogP contribution in [0.2, 0.25) is 0 Å². The van der Waals surface area contributed by atoms with Crippen molar-refractivity contribution in [3.8, 4) is 0 Å². The van der Waals surface area contributed by atoms with E-state index in [1.807, 2.05) is 55.9 Å². The molecule has 0 heterocycles. The molecule has 111 valence electrons. The minimum atomic E-state index is -0.296. The molecule has 5 heteroatoms. The van der Waals surface area contributed by atoms with Gasteiger partial charge in [0.2, 0.25) is 0 Å². The van der Waals surface area contributed by atoms with Crippen molar-refractivity contribution >= 4 is 0 Å². The van der Waals surface area contributed by atoms with E-state index < -0.39 is 0 Å². The van der Waals surface area contributed by atoms with Gasteiger partial charge in [-0.1, -0.05) is 27.7 Å². The van der Waals surface area contributed by atoms with Crippen LogP contribution in [0.15, 0.2) is 0 Å². The molecule has 0 aliphatic carbocycles. The van der Waals surface area contributed by atoms with Crippen LogP contribution in [0, 0.1) is 11.8 Å². The maximum Gasteiger partial charge on any atom is 0.109 e. The monoisotopic (exact) mass is 297 g/mol. The summed E-state index contributed by atoms with van der Waals surface area (Å²) in [5, 5.41) is 18.3. The summed E-state index contributed by atoms with van der Waals surface area (Å²) in [7, 11) is 7.46. The molecule has 1 radical (unpaired) electrons. The second-order valence-corrected chi connectivity index (χ2v) is 5.24. The van der Waals surface area contributed by atoms with E-state index in [0.29, 0.717) is 11.8 Å². The predicted octanol–water partition coefficient (Wildman–Crippen LogP) is 1.04. The number of aliphatic hydroxyl groups excluding tert-OH is 2. The molecular weight excluding hydrogens is 268 g/mol. The topological polar surface area (TPSA) is 46.9 Å². The predicted molar refractivity (Wildman–Crippen MR) is 69.1 cm³/mol. The number of rotatable bonds is 4. The van der Waals surface area contributed by atoms with Crippen LogP contribution in [0.1, 0.15) is 27.7 Å². The van der Waals surface area contributed by atoms with Crippen molar-refractivity contribution < 1.29 is 27.3 Å². The molecule has 0 saturated carbocycles. The third-order valence-electron chi connectivity index (χ3n) is 2.25. The van der Waals surface area contributed by atoms with Crippen molar-refractivity contribution in [2.45, 2.75) is 40.2 Å². The zero-order valence-corrected chi connectivity index (χ0v) is 13.3. The number of hydrogen-bond acceptors (Lipinski definition) is 4. The van der Waals surface area contributed by atoms with Gasteiger partial charge in [-0.15, -0.1) is 0 Å². The van der Waals surface area contributed by atoms with Crippen molar-refractivity contribution in [1.29, 1.82) is 0 Å². The molecule has 0 saturated heterocycles. The molecule has 0 aromatic carbocycles. The summed E-state index contributed by atoms with van der Waals surface area (Å²) < 4.78 is 0. The van der Waals surface area contributed by atoms with Crippen molar-refractivity contribution in [2.75, 3.05) is 28.2 Å². The van der Waals surface area contributed by atoms with Crippen LogP contribution in [0.4, 0.5) is 0 Å². The van der Waals surface area contributed by atoms with Gasteiger partial charge in [-0.2, -0.15) is 0 Å². The van der Waals surface area contributed by atoms with Gasteiger partial charge in [0.15, 0.2) is 0 Å². The zero-order chi connectivity index (χ0) is 13.5. The van der Waals surface area contributed by atoms with Crippen LogP contribution >= 0.6 is 0 Å². The Kier molecular flexibility index (Phi) is 15.2. The second kappa shape index (κ2) is 11.4. The van der Waals surface area contributed by atoms with Gasteiger partial charge in [-0.05, 0) is 40.0 Å². The third kappa shape index (κ3) is 12.6. The smallest absolute Gasteiger partial charge is 0.109 e. The standard InChI is InChI=1S/2C6H15NO.Cu/c2*1-5(2)6(8)7(3)4;/h2*5-6,8H,1-4H3;. The molecule has 2 atom stereocenters. The largest absolute Gasteiger partial charge is 0.378 e. The Morgan fingerprint density at radius 1 is 0.647 bits per heavy atom. The molecule has 0 aliphatic rings. The average Bonchev–Trinajstić information content (AvgIpc) is 2.15. The van der Waals surface area contributed by atoms with Gasteiger partial charge in [0.05, 0.1) is 0 Å². The van der Waals surface area contributed by atoms with Gasteiger partial charge >= 0.3 is 0 Å². The van der Waals surface area contributed by atoms with Gasteiger partial charge in [0, 0.05) is 17.1 Å².